The van der Waals surface area contributed by atoms with E-state index in [9.17, 15) is 24.2 Å². The van der Waals surface area contributed by atoms with Crippen LogP contribution in [0, 0.1) is 19.7 Å². The van der Waals surface area contributed by atoms with Crippen LogP contribution >= 0.6 is 0 Å². The zero-order chi connectivity index (χ0) is 25.2. The summed E-state index contributed by atoms with van der Waals surface area (Å²) in [7, 11) is 0. The van der Waals surface area contributed by atoms with E-state index >= 15 is 0 Å². The molecule has 1 aromatic carbocycles. The number of aromatic hydroxyl groups is 1. The normalized spacial score (nSPS) is 13.0. The summed E-state index contributed by atoms with van der Waals surface area (Å²) >= 11 is 0. The number of benzene rings is 1. The van der Waals surface area contributed by atoms with Crippen LogP contribution in [-0.2, 0) is 18.5 Å². The fourth-order valence-electron chi connectivity index (χ4n) is 3.69. The number of amides is 1. The molecular weight excluding hydrogens is 443 g/mol. The van der Waals surface area contributed by atoms with Gasteiger partial charge in [-0.3, -0.25) is 14.2 Å². The summed E-state index contributed by atoms with van der Waals surface area (Å²) in [5.74, 6) is -0.765. The lowest BCUT2D eigenvalue weighted by Crippen LogP contribution is -2.38. The van der Waals surface area contributed by atoms with E-state index in [1.165, 1.54) is 27.4 Å². The Balaban J connectivity index is 1.99. The number of hydrogen-bond donors (Lipinski definition) is 3. The number of hydrogen-bond acceptors (Lipinski definition) is 7. The summed E-state index contributed by atoms with van der Waals surface area (Å²) in [5, 5.41) is 27.3. The van der Waals surface area contributed by atoms with E-state index in [2.05, 4.69) is 20.4 Å². The van der Waals surface area contributed by atoms with Gasteiger partial charge in [-0.1, -0.05) is 19.9 Å². The quantitative estimate of drug-likeness (QED) is 0.456. The molecule has 0 aliphatic heterocycles. The Bertz CT molecular complexity index is 1280. The lowest BCUT2D eigenvalue weighted by Gasteiger charge is -2.28. The van der Waals surface area contributed by atoms with Gasteiger partial charge in [0.2, 0.25) is 5.75 Å². The molecule has 11 heteroatoms. The Morgan fingerprint density at radius 1 is 1.24 bits per heavy atom. The minimum atomic E-state index is -0.884. The Kier molecular flexibility index (Phi) is 7.15. The first kappa shape index (κ1) is 25.0. The molecule has 0 bridgehead atoms. The number of aliphatic hydroxyl groups is 1. The first-order chi connectivity index (χ1) is 16.1. The summed E-state index contributed by atoms with van der Waals surface area (Å²) < 4.78 is 16.7. The van der Waals surface area contributed by atoms with Crippen molar-refractivity contribution in [3.63, 3.8) is 0 Å². The number of rotatable bonds is 8. The van der Waals surface area contributed by atoms with Crippen molar-refractivity contribution < 1.29 is 19.4 Å². The number of carbonyl (C=O) groups is 1. The van der Waals surface area contributed by atoms with Crippen LogP contribution in [-0.4, -0.2) is 47.0 Å². The summed E-state index contributed by atoms with van der Waals surface area (Å²) in [6, 6.07) is 4.05. The first-order valence-electron chi connectivity index (χ1n) is 11.0. The second-order valence-corrected chi connectivity index (χ2v) is 8.33. The third-order valence-electron chi connectivity index (χ3n) is 5.94. The number of nitrogens with one attached hydrogen (secondary N) is 1. The molecule has 1 amide bonds. The molecule has 3 N–H and O–H groups in total. The Hall–Kier alpha value is -3.60. The highest BCUT2D eigenvalue weighted by atomic mass is 19.1. The first-order valence-corrected chi connectivity index (χ1v) is 11.0. The van der Waals surface area contributed by atoms with Gasteiger partial charge < -0.3 is 15.5 Å². The van der Waals surface area contributed by atoms with Crippen molar-refractivity contribution in [2.24, 2.45) is 0 Å². The second-order valence-electron chi connectivity index (χ2n) is 8.33. The molecule has 1 atom stereocenters. The maximum absolute atomic E-state index is 14.0. The molecule has 0 fully saturated rings. The van der Waals surface area contributed by atoms with Crippen LogP contribution in [0.1, 0.15) is 60.7 Å². The molecule has 3 aromatic rings. The van der Waals surface area contributed by atoms with Gasteiger partial charge >= 0.3 is 0 Å². The number of halogens is 1. The second kappa shape index (κ2) is 9.72. The molecule has 1 unspecified atom stereocenters. The minimum Gasteiger partial charge on any atom is -0.501 e. The van der Waals surface area contributed by atoms with Crippen molar-refractivity contribution in [1.29, 1.82) is 0 Å². The van der Waals surface area contributed by atoms with Crippen molar-refractivity contribution in [3.8, 4) is 11.4 Å². The average molecular weight is 473 g/mol. The van der Waals surface area contributed by atoms with Gasteiger partial charge in [0.05, 0.1) is 12.3 Å². The van der Waals surface area contributed by atoms with Crippen LogP contribution in [0.15, 0.2) is 23.0 Å². The molecular formula is C23H29FN6O4. The van der Waals surface area contributed by atoms with Gasteiger partial charge in [-0.25, -0.2) is 19.0 Å². The average Bonchev–Trinajstić information content (AvgIpc) is 3.16. The molecule has 0 aliphatic carbocycles. The van der Waals surface area contributed by atoms with Gasteiger partial charge in [-0.15, -0.1) is 0 Å². The van der Waals surface area contributed by atoms with Crippen LogP contribution < -0.4 is 10.9 Å². The summed E-state index contributed by atoms with van der Waals surface area (Å²) in [5.41, 5.74) is -1.14. The smallest absolute Gasteiger partial charge is 0.296 e. The predicted molar refractivity (Wildman–Crippen MR) is 123 cm³/mol. The maximum atomic E-state index is 14.0. The fourth-order valence-corrected chi connectivity index (χ4v) is 3.69. The third kappa shape index (κ3) is 4.56. The van der Waals surface area contributed by atoms with E-state index in [4.69, 9.17) is 0 Å². The van der Waals surface area contributed by atoms with E-state index in [0.29, 0.717) is 29.3 Å². The zero-order valence-electron chi connectivity index (χ0n) is 19.9. The molecule has 2 heterocycles. The molecule has 0 spiro atoms. The predicted octanol–water partition coefficient (Wildman–Crippen LogP) is 1.90. The third-order valence-corrected chi connectivity index (χ3v) is 5.94. The standard InChI is InChI=1S/C23H29FN6O4/c1-6-23(5,12-31)22-27-18(19(32)21(34)29(22)7-2)20(33)25-11-15-8-9-16(24)10-17(15)30-14(4)26-13(3)28-30/h8-10,31-32H,6-7,11-12H2,1-5H3,(H,25,33). The molecule has 0 aliphatic rings. The highest BCUT2D eigenvalue weighted by Gasteiger charge is 2.32. The number of aromatic nitrogens is 5. The lowest BCUT2D eigenvalue weighted by atomic mass is 9.87. The van der Waals surface area contributed by atoms with Crippen molar-refractivity contribution in [1.82, 2.24) is 29.6 Å². The summed E-state index contributed by atoms with van der Waals surface area (Å²) in [4.78, 5) is 34.3. The van der Waals surface area contributed by atoms with Crippen LogP contribution in [0.4, 0.5) is 4.39 Å². The zero-order valence-corrected chi connectivity index (χ0v) is 19.9. The molecule has 34 heavy (non-hydrogen) atoms. The monoisotopic (exact) mass is 472 g/mol. The Morgan fingerprint density at radius 2 is 1.94 bits per heavy atom. The van der Waals surface area contributed by atoms with Crippen molar-refractivity contribution in [2.45, 2.75) is 59.5 Å². The van der Waals surface area contributed by atoms with Gasteiger partial charge in [0.25, 0.3) is 11.5 Å². The number of aryl methyl sites for hydroxylation is 2. The van der Waals surface area contributed by atoms with Crippen LogP contribution in [0.5, 0.6) is 5.75 Å². The van der Waals surface area contributed by atoms with E-state index in [1.807, 2.05) is 6.92 Å². The number of carbonyl (C=O) groups excluding carboxylic acids is 1. The van der Waals surface area contributed by atoms with Gasteiger partial charge in [-0.05, 0) is 44.9 Å². The van der Waals surface area contributed by atoms with E-state index in [-0.39, 0.29) is 25.5 Å². The van der Waals surface area contributed by atoms with E-state index in [1.54, 1.807) is 27.7 Å². The SMILES string of the molecule is CCn1c(C(C)(CC)CO)nc(C(=O)NCc2ccc(F)cc2-n2nc(C)nc2C)c(O)c1=O. The maximum Gasteiger partial charge on any atom is 0.296 e. The van der Waals surface area contributed by atoms with Crippen LogP contribution in [0.2, 0.25) is 0 Å². The van der Waals surface area contributed by atoms with E-state index < -0.39 is 34.1 Å². The lowest BCUT2D eigenvalue weighted by molar-refractivity contribution is 0.0940. The number of nitrogens with zero attached hydrogens (tertiary/aromatic N) is 5. The molecule has 0 saturated heterocycles. The van der Waals surface area contributed by atoms with Crippen molar-refractivity contribution in [3.05, 3.63) is 63.1 Å². The summed E-state index contributed by atoms with van der Waals surface area (Å²) in [6.45, 7) is 8.58. The van der Waals surface area contributed by atoms with Crippen molar-refractivity contribution in [2.75, 3.05) is 6.61 Å². The Labute approximate surface area is 196 Å². The fraction of sp³-hybridized carbons (Fsp3) is 0.435. The largest absolute Gasteiger partial charge is 0.501 e. The Morgan fingerprint density at radius 3 is 2.50 bits per heavy atom. The van der Waals surface area contributed by atoms with Gasteiger partial charge in [0, 0.05) is 18.5 Å². The molecule has 182 valence electrons. The summed E-state index contributed by atoms with van der Waals surface area (Å²) in [6.07, 6.45) is 0.456. The van der Waals surface area contributed by atoms with Gasteiger partial charge in [0.15, 0.2) is 5.69 Å². The molecule has 0 radical (unpaired) electrons. The number of aliphatic hydroxyl groups excluding tert-OH is 1. The van der Waals surface area contributed by atoms with Crippen LogP contribution in [0.25, 0.3) is 5.69 Å². The highest BCUT2D eigenvalue weighted by molar-refractivity contribution is 5.94. The molecule has 2 aromatic heterocycles. The minimum absolute atomic E-state index is 0.0504. The molecule has 0 saturated carbocycles. The van der Waals surface area contributed by atoms with Crippen molar-refractivity contribution >= 4 is 5.91 Å². The van der Waals surface area contributed by atoms with Gasteiger partial charge in [-0.2, -0.15) is 5.10 Å². The topological polar surface area (TPSA) is 135 Å². The van der Waals surface area contributed by atoms with Gasteiger partial charge in [0.1, 0.15) is 23.3 Å². The molecule has 10 nitrogen and oxygen atoms in total. The van der Waals surface area contributed by atoms with E-state index in [0.717, 1.165) is 0 Å². The molecule has 3 rings (SSSR count). The van der Waals surface area contributed by atoms with Crippen LogP contribution in [0.3, 0.4) is 0 Å². The highest BCUT2D eigenvalue weighted by Crippen LogP contribution is 2.26.